The Bertz CT molecular complexity index is 551. The van der Waals surface area contributed by atoms with Crippen molar-refractivity contribution >= 4 is 27.5 Å². The molecule has 0 bridgehead atoms. The van der Waals surface area contributed by atoms with Gasteiger partial charge < -0.3 is 14.5 Å². The van der Waals surface area contributed by atoms with Crippen molar-refractivity contribution in [2.75, 3.05) is 12.4 Å². The Morgan fingerprint density at radius 2 is 2.11 bits per heavy atom. The van der Waals surface area contributed by atoms with E-state index in [1.165, 1.54) is 0 Å². The molecule has 2 rings (SSSR count). The second kappa shape index (κ2) is 5.84. The number of hydrogen-bond donors (Lipinski definition) is 1. The molecule has 0 aliphatic heterocycles. The summed E-state index contributed by atoms with van der Waals surface area (Å²) in [4.78, 5) is 11.9. The molecule has 0 saturated heterocycles. The molecular formula is C13H12BrNO3. The third kappa shape index (κ3) is 3.00. The van der Waals surface area contributed by atoms with Gasteiger partial charge in [-0.25, -0.2) is 0 Å². The molecule has 0 fully saturated rings. The number of hydrogen-bond acceptors (Lipinski definition) is 3. The van der Waals surface area contributed by atoms with E-state index in [1.54, 1.807) is 19.2 Å². The van der Waals surface area contributed by atoms with E-state index in [2.05, 4.69) is 21.2 Å². The normalized spacial score (nSPS) is 10.3. The molecule has 4 nitrogen and oxygen atoms in total. The third-order valence-corrected chi connectivity index (χ3v) is 2.79. The van der Waals surface area contributed by atoms with E-state index in [0.29, 0.717) is 11.3 Å². The van der Waals surface area contributed by atoms with Crippen molar-refractivity contribution in [1.82, 2.24) is 0 Å². The number of ether oxygens (including phenoxy) is 1. The van der Waals surface area contributed by atoms with E-state index in [-0.39, 0.29) is 11.7 Å². The zero-order valence-electron chi connectivity index (χ0n) is 9.77. The summed E-state index contributed by atoms with van der Waals surface area (Å²) in [7, 11) is 1.61. The van der Waals surface area contributed by atoms with Gasteiger partial charge in [0.2, 0.25) is 0 Å². The summed E-state index contributed by atoms with van der Waals surface area (Å²) < 4.78 is 10.8. The van der Waals surface area contributed by atoms with Crippen molar-refractivity contribution in [3.63, 3.8) is 0 Å². The van der Waals surface area contributed by atoms with Gasteiger partial charge in [0.25, 0.3) is 5.91 Å². The number of amides is 1. The molecule has 0 atom stereocenters. The van der Waals surface area contributed by atoms with Gasteiger partial charge in [-0.2, -0.15) is 0 Å². The summed E-state index contributed by atoms with van der Waals surface area (Å²) in [6, 6.07) is 10.8. The average Bonchev–Trinajstić information content (AvgIpc) is 2.79. The summed E-state index contributed by atoms with van der Waals surface area (Å²) >= 11 is 3.16. The summed E-state index contributed by atoms with van der Waals surface area (Å²) in [5.74, 6) is -0.0293. The van der Waals surface area contributed by atoms with Gasteiger partial charge in [-0.1, -0.05) is 18.2 Å². The Morgan fingerprint density at radius 3 is 2.78 bits per heavy atom. The predicted molar refractivity (Wildman–Crippen MR) is 71.5 cm³/mol. The standard InChI is InChI=1S/C13H12BrNO3/c1-17-8-9-4-2-3-5-10(9)15-13(16)11-6-7-12(14)18-11/h2-7H,8H2,1H3,(H,15,16). The van der Waals surface area contributed by atoms with E-state index in [9.17, 15) is 4.79 Å². The van der Waals surface area contributed by atoms with Crippen LogP contribution in [0, 0.1) is 0 Å². The highest BCUT2D eigenvalue weighted by atomic mass is 79.9. The Morgan fingerprint density at radius 1 is 1.33 bits per heavy atom. The summed E-state index contributed by atoms with van der Waals surface area (Å²) in [5, 5.41) is 2.79. The fourth-order valence-electron chi connectivity index (χ4n) is 1.54. The van der Waals surface area contributed by atoms with Crippen LogP contribution in [-0.2, 0) is 11.3 Å². The fraction of sp³-hybridized carbons (Fsp3) is 0.154. The van der Waals surface area contributed by atoms with Crippen LogP contribution in [0.3, 0.4) is 0 Å². The molecule has 0 spiro atoms. The van der Waals surface area contributed by atoms with Gasteiger partial charge in [-0.15, -0.1) is 0 Å². The summed E-state index contributed by atoms with van der Waals surface area (Å²) in [5.41, 5.74) is 1.64. The number of anilines is 1. The minimum atomic E-state index is -0.288. The van der Waals surface area contributed by atoms with Crippen LogP contribution in [0.25, 0.3) is 0 Å². The van der Waals surface area contributed by atoms with Gasteiger partial charge in [0, 0.05) is 18.4 Å². The maximum Gasteiger partial charge on any atom is 0.291 e. The number of benzene rings is 1. The van der Waals surface area contributed by atoms with E-state index >= 15 is 0 Å². The van der Waals surface area contributed by atoms with E-state index in [4.69, 9.17) is 9.15 Å². The zero-order chi connectivity index (χ0) is 13.0. The molecule has 0 radical (unpaired) electrons. The second-order valence-corrected chi connectivity index (χ2v) is 4.43. The van der Waals surface area contributed by atoms with Crippen molar-refractivity contribution in [2.24, 2.45) is 0 Å². The zero-order valence-corrected chi connectivity index (χ0v) is 11.4. The van der Waals surface area contributed by atoms with Crippen LogP contribution in [0.1, 0.15) is 16.1 Å². The van der Waals surface area contributed by atoms with Crippen molar-refractivity contribution in [2.45, 2.75) is 6.61 Å². The molecule has 5 heteroatoms. The summed E-state index contributed by atoms with van der Waals surface area (Å²) in [6.45, 7) is 0.443. The highest BCUT2D eigenvalue weighted by molar-refractivity contribution is 9.10. The maximum atomic E-state index is 11.9. The predicted octanol–water partition coefficient (Wildman–Crippen LogP) is 3.44. The highest BCUT2D eigenvalue weighted by Gasteiger charge is 2.12. The van der Waals surface area contributed by atoms with Gasteiger partial charge in [0.05, 0.1) is 6.61 Å². The molecule has 0 saturated carbocycles. The molecule has 1 heterocycles. The number of furan rings is 1. The van der Waals surface area contributed by atoms with Crippen molar-refractivity contribution in [1.29, 1.82) is 0 Å². The first kappa shape index (κ1) is 12.9. The number of rotatable bonds is 4. The largest absolute Gasteiger partial charge is 0.444 e. The van der Waals surface area contributed by atoms with Gasteiger partial charge in [0.15, 0.2) is 10.4 Å². The van der Waals surface area contributed by atoms with Crippen LogP contribution >= 0.6 is 15.9 Å². The SMILES string of the molecule is COCc1ccccc1NC(=O)c1ccc(Br)o1. The molecule has 0 aliphatic carbocycles. The van der Waals surface area contributed by atoms with Crippen LogP contribution in [0.5, 0.6) is 0 Å². The lowest BCUT2D eigenvalue weighted by molar-refractivity contribution is 0.0995. The number of halogens is 1. The Balaban J connectivity index is 2.16. The molecule has 1 amide bonds. The molecule has 1 aromatic heterocycles. The summed E-state index contributed by atoms with van der Waals surface area (Å²) in [6.07, 6.45) is 0. The van der Waals surface area contributed by atoms with Crippen molar-refractivity contribution in [3.05, 3.63) is 52.4 Å². The number of methoxy groups -OCH3 is 1. The van der Waals surface area contributed by atoms with Crippen molar-refractivity contribution in [3.8, 4) is 0 Å². The van der Waals surface area contributed by atoms with Crippen LogP contribution in [0.2, 0.25) is 0 Å². The lowest BCUT2D eigenvalue weighted by Gasteiger charge is -2.09. The average molecular weight is 310 g/mol. The molecular weight excluding hydrogens is 298 g/mol. The number of carbonyl (C=O) groups is 1. The Labute approximate surface area is 113 Å². The first-order chi connectivity index (χ1) is 8.70. The topological polar surface area (TPSA) is 51.5 Å². The first-order valence-corrected chi connectivity index (χ1v) is 6.13. The molecule has 0 aliphatic rings. The van der Waals surface area contributed by atoms with Gasteiger partial charge >= 0.3 is 0 Å². The van der Waals surface area contributed by atoms with Gasteiger partial charge in [-0.05, 0) is 34.1 Å². The molecule has 94 valence electrons. The van der Waals surface area contributed by atoms with Crippen LogP contribution < -0.4 is 5.32 Å². The molecule has 2 aromatic rings. The van der Waals surface area contributed by atoms with Gasteiger partial charge in [0.1, 0.15) is 0 Å². The van der Waals surface area contributed by atoms with E-state index in [1.807, 2.05) is 24.3 Å². The molecule has 1 aromatic carbocycles. The minimum absolute atomic E-state index is 0.258. The van der Waals surface area contributed by atoms with E-state index in [0.717, 1.165) is 11.3 Å². The Kier molecular flexibility index (Phi) is 4.17. The van der Waals surface area contributed by atoms with E-state index < -0.39 is 0 Å². The highest BCUT2D eigenvalue weighted by Crippen LogP contribution is 2.19. The maximum absolute atomic E-state index is 11.9. The number of nitrogens with one attached hydrogen (secondary N) is 1. The lowest BCUT2D eigenvalue weighted by atomic mass is 10.2. The van der Waals surface area contributed by atoms with Crippen LogP contribution in [-0.4, -0.2) is 13.0 Å². The monoisotopic (exact) mass is 309 g/mol. The molecule has 1 N–H and O–H groups in total. The smallest absolute Gasteiger partial charge is 0.291 e. The number of para-hydroxylation sites is 1. The second-order valence-electron chi connectivity index (χ2n) is 3.65. The third-order valence-electron chi connectivity index (χ3n) is 2.36. The molecule has 18 heavy (non-hydrogen) atoms. The fourth-order valence-corrected chi connectivity index (χ4v) is 1.85. The lowest BCUT2D eigenvalue weighted by Crippen LogP contribution is -2.12. The van der Waals surface area contributed by atoms with Crippen LogP contribution in [0.15, 0.2) is 45.5 Å². The quantitative estimate of drug-likeness (QED) is 0.941. The van der Waals surface area contributed by atoms with Gasteiger partial charge in [-0.3, -0.25) is 4.79 Å². The number of carbonyl (C=O) groups excluding carboxylic acids is 1. The molecule has 0 unspecified atom stereocenters. The first-order valence-electron chi connectivity index (χ1n) is 5.34. The van der Waals surface area contributed by atoms with Crippen LogP contribution in [0.4, 0.5) is 5.69 Å². The van der Waals surface area contributed by atoms with Crippen molar-refractivity contribution < 1.29 is 13.9 Å². The minimum Gasteiger partial charge on any atom is -0.444 e. The Hall–Kier alpha value is -1.59.